The predicted octanol–water partition coefficient (Wildman–Crippen LogP) is 4.84. The zero-order chi connectivity index (χ0) is 14.1. The highest BCUT2D eigenvalue weighted by molar-refractivity contribution is 7.17. The van der Waals surface area contributed by atoms with Crippen LogP contribution in [-0.2, 0) is 6.54 Å². The van der Waals surface area contributed by atoms with Crippen molar-refractivity contribution in [2.45, 2.75) is 20.4 Å². The highest BCUT2D eigenvalue weighted by Crippen LogP contribution is 2.30. The monoisotopic (exact) mass is 283 g/mol. The van der Waals surface area contributed by atoms with Crippen LogP contribution in [0.4, 0.5) is 5.69 Å². The number of hydrogen-bond acceptors (Lipinski definition) is 3. The lowest BCUT2D eigenvalue weighted by atomic mass is 10.1. The molecular weight excluding hydrogens is 266 g/mol. The van der Waals surface area contributed by atoms with Gasteiger partial charge in [0.1, 0.15) is 5.75 Å². The molecule has 102 valence electrons. The summed E-state index contributed by atoms with van der Waals surface area (Å²) in [5, 5.41) is 16.9. The summed E-state index contributed by atoms with van der Waals surface area (Å²) in [6, 6.07) is 12.4. The summed E-state index contributed by atoms with van der Waals surface area (Å²) in [7, 11) is 0. The number of rotatable bonds is 3. The van der Waals surface area contributed by atoms with Gasteiger partial charge in [0.15, 0.2) is 0 Å². The number of aryl methyl sites for hydroxylation is 1. The Kier molecular flexibility index (Phi) is 3.36. The number of nitrogens with one attached hydrogen (secondary N) is 1. The Bertz CT molecular complexity index is 761. The fourth-order valence-corrected chi connectivity index (χ4v) is 3.35. The first-order valence-electron chi connectivity index (χ1n) is 6.65. The Hall–Kier alpha value is -2.00. The Labute approximate surface area is 122 Å². The summed E-state index contributed by atoms with van der Waals surface area (Å²) in [5.41, 5.74) is 4.10. The van der Waals surface area contributed by atoms with E-state index in [2.05, 4.69) is 35.0 Å². The van der Waals surface area contributed by atoms with Gasteiger partial charge in [-0.25, -0.2) is 0 Å². The van der Waals surface area contributed by atoms with Gasteiger partial charge in [0.05, 0.1) is 0 Å². The van der Waals surface area contributed by atoms with Crippen LogP contribution in [0.25, 0.3) is 10.1 Å². The molecule has 20 heavy (non-hydrogen) atoms. The predicted molar refractivity (Wildman–Crippen MR) is 86.7 cm³/mol. The Morgan fingerprint density at radius 3 is 2.75 bits per heavy atom. The lowest BCUT2D eigenvalue weighted by Gasteiger charge is -2.12. The van der Waals surface area contributed by atoms with Crippen molar-refractivity contribution >= 4 is 27.1 Å². The topological polar surface area (TPSA) is 32.3 Å². The maximum absolute atomic E-state index is 9.98. The van der Waals surface area contributed by atoms with Crippen molar-refractivity contribution in [3.05, 3.63) is 58.5 Å². The second kappa shape index (κ2) is 5.17. The first-order valence-corrected chi connectivity index (χ1v) is 7.53. The number of anilines is 1. The van der Waals surface area contributed by atoms with E-state index < -0.39 is 0 Å². The van der Waals surface area contributed by atoms with Gasteiger partial charge in [-0.15, -0.1) is 11.3 Å². The highest BCUT2D eigenvalue weighted by Gasteiger charge is 2.07. The molecule has 0 saturated carbocycles. The number of hydrogen-bond donors (Lipinski definition) is 2. The van der Waals surface area contributed by atoms with Crippen LogP contribution in [0, 0.1) is 13.8 Å². The van der Waals surface area contributed by atoms with E-state index in [0.717, 1.165) is 23.4 Å². The van der Waals surface area contributed by atoms with E-state index in [9.17, 15) is 5.11 Å². The molecular formula is C17H17NOS. The number of aromatic hydroxyl groups is 1. The third-order valence-electron chi connectivity index (χ3n) is 3.66. The van der Waals surface area contributed by atoms with E-state index in [-0.39, 0.29) is 0 Å². The maximum atomic E-state index is 9.98. The third kappa shape index (κ3) is 2.25. The zero-order valence-electron chi connectivity index (χ0n) is 11.6. The van der Waals surface area contributed by atoms with Crippen LogP contribution in [0.3, 0.4) is 0 Å². The van der Waals surface area contributed by atoms with Gasteiger partial charge in [-0.2, -0.15) is 0 Å². The van der Waals surface area contributed by atoms with Crippen molar-refractivity contribution in [2.75, 3.05) is 5.32 Å². The standard InChI is InChI=1S/C17H17NOS/c1-11-7-8-15(12(2)17(11)19)18-9-13-10-20-16-6-4-3-5-14(13)16/h3-8,10,18-19H,9H2,1-2H3. The van der Waals surface area contributed by atoms with Gasteiger partial charge < -0.3 is 10.4 Å². The number of phenolic OH excluding ortho intramolecular Hbond substituents is 1. The molecule has 2 aromatic carbocycles. The average molecular weight is 283 g/mol. The summed E-state index contributed by atoms with van der Waals surface area (Å²) < 4.78 is 1.31. The summed E-state index contributed by atoms with van der Waals surface area (Å²) in [6.07, 6.45) is 0. The highest BCUT2D eigenvalue weighted by atomic mass is 32.1. The molecule has 2 N–H and O–H groups in total. The molecule has 0 radical (unpaired) electrons. The molecule has 0 bridgehead atoms. The SMILES string of the molecule is Cc1ccc(NCc2csc3ccccc23)c(C)c1O. The molecule has 0 atom stereocenters. The van der Waals surface area contributed by atoms with Crippen molar-refractivity contribution in [3.63, 3.8) is 0 Å². The molecule has 0 aliphatic rings. The van der Waals surface area contributed by atoms with Crippen molar-refractivity contribution in [1.29, 1.82) is 0 Å². The number of phenols is 1. The van der Waals surface area contributed by atoms with Crippen LogP contribution in [0.1, 0.15) is 16.7 Å². The van der Waals surface area contributed by atoms with E-state index in [4.69, 9.17) is 0 Å². The second-order valence-electron chi connectivity index (χ2n) is 5.01. The van der Waals surface area contributed by atoms with Gasteiger partial charge in [0.25, 0.3) is 0 Å². The molecule has 0 spiro atoms. The van der Waals surface area contributed by atoms with Crippen LogP contribution < -0.4 is 5.32 Å². The molecule has 0 fully saturated rings. The molecule has 1 heterocycles. The molecule has 0 amide bonds. The van der Waals surface area contributed by atoms with E-state index in [1.54, 1.807) is 11.3 Å². The molecule has 0 unspecified atom stereocenters. The van der Waals surface area contributed by atoms with Crippen LogP contribution in [0.2, 0.25) is 0 Å². The molecule has 1 aromatic heterocycles. The van der Waals surface area contributed by atoms with E-state index in [1.807, 2.05) is 26.0 Å². The van der Waals surface area contributed by atoms with Crippen LogP contribution in [0.15, 0.2) is 41.8 Å². The molecule has 0 saturated heterocycles. The van der Waals surface area contributed by atoms with Crippen molar-refractivity contribution in [2.24, 2.45) is 0 Å². The largest absolute Gasteiger partial charge is 0.507 e. The van der Waals surface area contributed by atoms with Gasteiger partial charge in [0, 0.05) is 22.5 Å². The van der Waals surface area contributed by atoms with Gasteiger partial charge in [-0.1, -0.05) is 24.3 Å². The maximum Gasteiger partial charge on any atom is 0.123 e. The van der Waals surface area contributed by atoms with E-state index in [1.165, 1.54) is 15.6 Å². The Balaban J connectivity index is 1.85. The molecule has 3 heteroatoms. The first-order chi connectivity index (χ1) is 9.66. The third-order valence-corrected chi connectivity index (χ3v) is 4.68. The second-order valence-corrected chi connectivity index (χ2v) is 5.93. The van der Waals surface area contributed by atoms with Crippen molar-refractivity contribution in [1.82, 2.24) is 0 Å². The van der Waals surface area contributed by atoms with Gasteiger partial charge in [0.2, 0.25) is 0 Å². The van der Waals surface area contributed by atoms with E-state index >= 15 is 0 Å². The number of benzene rings is 2. The molecule has 3 aromatic rings. The number of fused-ring (bicyclic) bond motifs is 1. The van der Waals surface area contributed by atoms with Crippen molar-refractivity contribution < 1.29 is 5.11 Å². The summed E-state index contributed by atoms with van der Waals surface area (Å²) >= 11 is 1.77. The summed E-state index contributed by atoms with van der Waals surface area (Å²) in [5.74, 6) is 0.380. The summed E-state index contributed by atoms with van der Waals surface area (Å²) in [4.78, 5) is 0. The van der Waals surface area contributed by atoms with E-state index in [0.29, 0.717) is 5.75 Å². The van der Waals surface area contributed by atoms with Crippen LogP contribution in [0.5, 0.6) is 5.75 Å². The fourth-order valence-electron chi connectivity index (χ4n) is 2.39. The van der Waals surface area contributed by atoms with Gasteiger partial charge in [-0.05, 0) is 47.9 Å². The van der Waals surface area contributed by atoms with Crippen molar-refractivity contribution in [3.8, 4) is 5.75 Å². The lowest BCUT2D eigenvalue weighted by Crippen LogP contribution is -2.00. The molecule has 3 rings (SSSR count). The molecule has 0 aliphatic carbocycles. The minimum Gasteiger partial charge on any atom is -0.507 e. The van der Waals surface area contributed by atoms with Crippen LogP contribution in [-0.4, -0.2) is 5.11 Å². The lowest BCUT2D eigenvalue weighted by molar-refractivity contribution is 0.467. The van der Waals surface area contributed by atoms with Crippen LogP contribution >= 0.6 is 11.3 Å². The quantitative estimate of drug-likeness (QED) is 0.721. The van der Waals surface area contributed by atoms with Gasteiger partial charge >= 0.3 is 0 Å². The average Bonchev–Trinajstić information content (AvgIpc) is 2.87. The minimum absolute atomic E-state index is 0.380. The smallest absolute Gasteiger partial charge is 0.123 e. The fraction of sp³-hybridized carbons (Fsp3) is 0.176. The molecule has 0 aliphatic heterocycles. The van der Waals surface area contributed by atoms with Gasteiger partial charge in [-0.3, -0.25) is 0 Å². The Morgan fingerprint density at radius 1 is 1.10 bits per heavy atom. The normalized spacial score (nSPS) is 10.9. The first kappa shape index (κ1) is 13.0. The molecule has 2 nitrogen and oxygen atoms in total. The Morgan fingerprint density at radius 2 is 1.90 bits per heavy atom. The summed E-state index contributed by atoms with van der Waals surface area (Å²) in [6.45, 7) is 4.63. The number of thiophene rings is 1. The minimum atomic E-state index is 0.380. The zero-order valence-corrected chi connectivity index (χ0v) is 12.4.